The Labute approximate surface area is 154 Å². The summed E-state index contributed by atoms with van der Waals surface area (Å²) in [6.07, 6.45) is 1.85. The predicted molar refractivity (Wildman–Crippen MR) is 105 cm³/mol. The van der Waals surface area contributed by atoms with Crippen molar-refractivity contribution in [2.24, 2.45) is 0 Å². The molecule has 5 nitrogen and oxygen atoms in total. The van der Waals surface area contributed by atoms with Crippen molar-refractivity contribution in [2.45, 2.75) is 6.92 Å². The van der Waals surface area contributed by atoms with Gasteiger partial charge in [-0.25, -0.2) is 0 Å². The molecule has 0 N–H and O–H groups in total. The van der Waals surface area contributed by atoms with Crippen LogP contribution in [0.2, 0.25) is 0 Å². The Balaban J connectivity index is 2.41. The third kappa shape index (κ3) is 4.17. The van der Waals surface area contributed by atoms with Crippen molar-refractivity contribution >= 4 is 17.5 Å². The fourth-order valence-electron chi connectivity index (χ4n) is 2.67. The Hall–Kier alpha value is -2.95. The van der Waals surface area contributed by atoms with Gasteiger partial charge in [0, 0.05) is 14.1 Å². The largest absolute Gasteiger partial charge is 0.497 e. The number of nitrogens with zero attached hydrogens (tertiary/aromatic N) is 1. The highest BCUT2D eigenvalue weighted by Gasteiger charge is 2.16. The SMILES string of the molecule is COc1ccc(OC)c(C(=O)C(C)=Cc2ccc(OC)c(N(C)C)c2)c1. The minimum absolute atomic E-state index is 0.108. The molecule has 2 aromatic carbocycles. The molecule has 0 atom stereocenters. The monoisotopic (exact) mass is 355 g/mol. The van der Waals surface area contributed by atoms with Crippen LogP contribution in [0.3, 0.4) is 0 Å². The van der Waals surface area contributed by atoms with Crippen LogP contribution in [-0.2, 0) is 0 Å². The van der Waals surface area contributed by atoms with Crippen LogP contribution in [0.5, 0.6) is 17.2 Å². The molecule has 0 aromatic heterocycles. The molecule has 0 aliphatic rings. The van der Waals surface area contributed by atoms with E-state index in [0.717, 1.165) is 17.0 Å². The summed E-state index contributed by atoms with van der Waals surface area (Å²) < 4.78 is 15.9. The van der Waals surface area contributed by atoms with Gasteiger partial charge in [-0.3, -0.25) is 4.79 Å². The number of hydrogen-bond donors (Lipinski definition) is 0. The van der Waals surface area contributed by atoms with Crippen molar-refractivity contribution in [3.05, 3.63) is 53.1 Å². The zero-order chi connectivity index (χ0) is 19.3. The molecule has 0 spiro atoms. The predicted octanol–water partition coefficient (Wildman–Crippen LogP) is 4.06. The fraction of sp³-hybridized carbons (Fsp3) is 0.286. The van der Waals surface area contributed by atoms with Crippen molar-refractivity contribution in [1.82, 2.24) is 0 Å². The van der Waals surface area contributed by atoms with Crippen molar-refractivity contribution in [3.8, 4) is 17.2 Å². The van der Waals surface area contributed by atoms with Crippen LogP contribution >= 0.6 is 0 Å². The quantitative estimate of drug-likeness (QED) is 0.554. The molecule has 0 saturated carbocycles. The van der Waals surface area contributed by atoms with Gasteiger partial charge in [0.25, 0.3) is 0 Å². The molecule has 0 aliphatic carbocycles. The second kappa shape index (κ2) is 8.43. The van der Waals surface area contributed by atoms with Crippen LogP contribution in [0, 0.1) is 0 Å². The van der Waals surface area contributed by atoms with Gasteiger partial charge in [-0.2, -0.15) is 0 Å². The fourth-order valence-corrected chi connectivity index (χ4v) is 2.67. The zero-order valence-electron chi connectivity index (χ0n) is 16.1. The number of benzene rings is 2. The standard InChI is InChI=1S/C21H25NO4/c1-14(11-15-7-9-20(26-6)18(12-15)22(2)3)21(23)17-13-16(24-4)8-10-19(17)25-5/h7-13H,1-6H3. The first-order valence-electron chi connectivity index (χ1n) is 8.21. The molecule has 2 aromatic rings. The molecule has 5 heteroatoms. The first-order valence-corrected chi connectivity index (χ1v) is 8.21. The number of ketones is 1. The van der Waals surface area contributed by atoms with Gasteiger partial charge in [0.2, 0.25) is 0 Å². The zero-order valence-corrected chi connectivity index (χ0v) is 16.1. The molecule has 0 aliphatic heterocycles. The second-order valence-corrected chi connectivity index (χ2v) is 6.05. The number of anilines is 1. The Morgan fingerprint density at radius 3 is 2.15 bits per heavy atom. The van der Waals surface area contributed by atoms with Gasteiger partial charge < -0.3 is 19.1 Å². The van der Waals surface area contributed by atoms with Crippen molar-refractivity contribution in [2.75, 3.05) is 40.3 Å². The Morgan fingerprint density at radius 1 is 0.923 bits per heavy atom. The maximum absolute atomic E-state index is 12.9. The Morgan fingerprint density at radius 2 is 1.58 bits per heavy atom. The van der Waals surface area contributed by atoms with Crippen molar-refractivity contribution in [3.63, 3.8) is 0 Å². The molecule has 0 bridgehead atoms. The van der Waals surface area contributed by atoms with E-state index >= 15 is 0 Å². The van der Waals surface area contributed by atoms with Gasteiger partial charge in [-0.05, 0) is 54.5 Å². The van der Waals surface area contributed by atoms with Crippen LogP contribution in [0.4, 0.5) is 5.69 Å². The van der Waals surface area contributed by atoms with E-state index in [4.69, 9.17) is 14.2 Å². The van der Waals surface area contributed by atoms with Gasteiger partial charge in [0.05, 0.1) is 32.6 Å². The number of allylic oxidation sites excluding steroid dienone is 1. The van der Waals surface area contributed by atoms with E-state index in [1.165, 1.54) is 0 Å². The summed E-state index contributed by atoms with van der Waals surface area (Å²) in [6.45, 7) is 1.79. The van der Waals surface area contributed by atoms with Crippen molar-refractivity contribution < 1.29 is 19.0 Å². The highest BCUT2D eigenvalue weighted by molar-refractivity contribution is 6.12. The van der Waals surface area contributed by atoms with E-state index in [1.54, 1.807) is 46.5 Å². The number of rotatable bonds is 7. The number of carbonyl (C=O) groups excluding carboxylic acids is 1. The normalized spacial score (nSPS) is 11.1. The Kier molecular flexibility index (Phi) is 6.28. The smallest absolute Gasteiger partial charge is 0.192 e. The second-order valence-electron chi connectivity index (χ2n) is 6.05. The number of Topliss-reactive ketones (excluding diaryl/α,β-unsaturated/α-hetero) is 1. The lowest BCUT2D eigenvalue weighted by molar-refractivity contribution is 0.103. The number of carbonyl (C=O) groups is 1. The molecular weight excluding hydrogens is 330 g/mol. The number of hydrogen-bond acceptors (Lipinski definition) is 5. The van der Waals surface area contributed by atoms with Crippen LogP contribution in [-0.4, -0.2) is 41.2 Å². The summed E-state index contributed by atoms with van der Waals surface area (Å²) in [4.78, 5) is 14.9. The minimum atomic E-state index is -0.108. The third-order valence-electron chi connectivity index (χ3n) is 4.08. The average Bonchev–Trinajstić information content (AvgIpc) is 2.66. The molecule has 2 rings (SSSR count). The summed E-state index contributed by atoms with van der Waals surface area (Å²) in [5, 5.41) is 0. The van der Waals surface area contributed by atoms with Gasteiger partial charge in [0.15, 0.2) is 5.78 Å². The molecule has 26 heavy (non-hydrogen) atoms. The van der Waals surface area contributed by atoms with Crippen molar-refractivity contribution in [1.29, 1.82) is 0 Å². The summed E-state index contributed by atoms with van der Waals surface area (Å²) in [6, 6.07) is 11.0. The van der Waals surface area contributed by atoms with Gasteiger partial charge in [0.1, 0.15) is 17.2 Å². The maximum atomic E-state index is 12.9. The van der Waals surface area contributed by atoms with E-state index < -0.39 is 0 Å². The molecule has 0 unspecified atom stereocenters. The highest BCUT2D eigenvalue weighted by Crippen LogP contribution is 2.30. The third-order valence-corrected chi connectivity index (χ3v) is 4.08. The number of ether oxygens (including phenoxy) is 3. The number of methoxy groups -OCH3 is 3. The highest BCUT2D eigenvalue weighted by atomic mass is 16.5. The summed E-state index contributed by atoms with van der Waals surface area (Å²) >= 11 is 0. The molecule has 0 radical (unpaired) electrons. The maximum Gasteiger partial charge on any atom is 0.192 e. The molecule has 0 amide bonds. The Bertz CT molecular complexity index is 825. The molecule has 0 saturated heterocycles. The first kappa shape index (κ1) is 19.4. The molecule has 138 valence electrons. The summed E-state index contributed by atoms with van der Waals surface area (Å²) in [5.74, 6) is 1.81. The van der Waals surface area contributed by atoms with Crippen LogP contribution < -0.4 is 19.1 Å². The molecular formula is C21H25NO4. The average molecular weight is 355 g/mol. The van der Waals surface area contributed by atoms with E-state index in [9.17, 15) is 4.79 Å². The molecule has 0 fully saturated rings. The van der Waals surface area contributed by atoms with E-state index in [0.29, 0.717) is 22.6 Å². The minimum Gasteiger partial charge on any atom is -0.497 e. The lowest BCUT2D eigenvalue weighted by atomic mass is 10.0. The van der Waals surface area contributed by atoms with E-state index in [2.05, 4.69) is 0 Å². The topological polar surface area (TPSA) is 48.0 Å². The van der Waals surface area contributed by atoms with Crippen LogP contribution in [0.25, 0.3) is 6.08 Å². The van der Waals surface area contributed by atoms with Crippen LogP contribution in [0.15, 0.2) is 42.0 Å². The first-order chi connectivity index (χ1) is 12.4. The lowest BCUT2D eigenvalue weighted by Gasteiger charge is -2.17. The van der Waals surface area contributed by atoms with Gasteiger partial charge in [-0.1, -0.05) is 6.07 Å². The molecule has 0 heterocycles. The lowest BCUT2D eigenvalue weighted by Crippen LogP contribution is -2.10. The van der Waals surface area contributed by atoms with Gasteiger partial charge in [-0.15, -0.1) is 0 Å². The van der Waals surface area contributed by atoms with E-state index in [1.807, 2.05) is 43.3 Å². The summed E-state index contributed by atoms with van der Waals surface area (Å²) in [5.41, 5.74) is 2.94. The van der Waals surface area contributed by atoms with Crippen LogP contribution in [0.1, 0.15) is 22.8 Å². The van der Waals surface area contributed by atoms with E-state index in [-0.39, 0.29) is 5.78 Å². The summed E-state index contributed by atoms with van der Waals surface area (Å²) in [7, 11) is 8.65. The van der Waals surface area contributed by atoms with Gasteiger partial charge >= 0.3 is 0 Å².